The zero-order chi connectivity index (χ0) is 13.9. The number of carbonyl (C=O) groups is 1. The predicted molar refractivity (Wildman–Crippen MR) is 62.9 cm³/mol. The molecule has 0 aromatic carbocycles. The number of rotatable bonds is 4. The topological polar surface area (TPSA) is 44.1 Å². The van der Waals surface area contributed by atoms with Crippen molar-refractivity contribution >= 4 is 5.97 Å². The number of hydrogen-bond acceptors (Lipinski definition) is 3. The number of alkyl halides is 2. The Bertz CT molecular complexity index is 422. The van der Waals surface area contributed by atoms with Crippen LogP contribution in [0.4, 0.5) is 8.78 Å². The minimum absolute atomic E-state index is 0.0714. The fourth-order valence-corrected chi connectivity index (χ4v) is 1.42. The van der Waals surface area contributed by atoms with Gasteiger partial charge in [-0.25, -0.2) is 13.6 Å². The molecule has 0 unspecified atom stereocenters. The van der Waals surface area contributed by atoms with Crippen molar-refractivity contribution in [3.05, 3.63) is 17.5 Å². The Labute approximate surface area is 105 Å². The molecule has 0 saturated carbocycles. The number of ether oxygens (including phenoxy) is 1. The van der Waals surface area contributed by atoms with E-state index in [1.165, 1.54) is 6.07 Å². The summed E-state index contributed by atoms with van der Waals surface area (Å²) < 4.78 is 30.7. The summed E-state index contributed by atoms with van der Waals surface area (Å²) in [6.45, 7) is 6.95. The predicted octanol–water partition coefficient (Wildman–Crippen LogP) is 2.62. The van der Waals surface area contributed by atoms with Crippen LogP contribution in [-0.4, -0.2) is 28.8 Å². The van der Waals surface area contributed by atoms with Gasteiger partial charge >= 0.3 is 5.97 Å². The van der Waals surface area contributed by atoms with Gasteiger partial charge in [0.15, 0.2) is 0 Å². The molecule has 0 saturated heterocycles. The van der Waals surface area contributed by atoms with Gasteiger partial charge in [-0.15, -0.1) is 0 Å². The highest BCUT2D eigenvalue weighted by molar-refractivity contribution is 5.87. The Balaban J connectivity index is 3.12. The van der Waals surface area contributed by atoms with Gasteiger partial charge in [0.25, 0.3) is 6.43 Å². The van der Waals surface area contributed by atoms with Crippen molar-refractivity contribution in [1.82, 2.24) is 9.78 Å². The Morgan fingerprint density at radius 1 is 1.50 bits per heavy atom. The summed E-state index contributed by atoms with van der Waals surface area (Å²) in [7, 11) is 0. The van der Waals surface area contributed by atoms with E-state index >= 15 is 0 Å². The molecule has 0 N–H and O–H groups in total. The van der Waals surface area contributed by atoms with Crippen molar-refractivity contribution in [3.8, 4) is 0 Å². The first-order valence-electron chi connectivity index (χ1n) is 5.79. The summed E-state index contributed by atoms with van der Waals surface area (Å²) in [6.07, 6.45) is -2.56. The van der Waals surface area contributed by atoms with E-state index in [9.17, 15) is 13.6 Å². The van der Waals surface area contributed by atoms with Gasteiger partial charge in [-0.2, -0.15) is 5.10 Å². The quantitative estimate of drug-likeness (QED) is 0.782. The molecule has 0 amide bonds. The number of hydrogen-bond donors (Lipinski definition) is 0. The van der Waals surface area contributed by atoms with Gasteiger partial charge in [0, 0.05) is 5.41 Å². The second-order valence-corrected chi connectivity index (χ2v) is 4.96. The molecule has 0 fully saturated rings. The molecule has 0 aliphatic carbocycles. The molecular weight excluding hydrogens is 242 g/mol. The molecule has 4 nitrogen and oxygen atoms in total. The van der Waals surface area contributed by atoms with E-state index in [0.717, 1.165) is 4.68 Å². The summed E-state index contributed by atoms with van der Waals surface area (Å²) in [4.78, 5) is 11.7. The van der Waals surface area contributed by atoms with Crippen molar-refractivity contribution < 1.29 is 18.3 Å². The number of aromatic nitrogens is 2. The molecule has 0 aliphatic rings. The molecule has 18 heavy (non-hydrogen) atoms. The molecule has 6 heteroatoms. The van der Waals surface area contributed by atoms with Crippen LogP contribution in [0.3, 0.4) is 0 Å². The summed E-state index contributed by atoms with van der Waals surface area (Å²) in [5.41, 5.74) is 0.350. The van der Waals surface area contributed by atoms with E-state index in [0.29, 0.717) is 5.69 Å². The van der Waals surface area contributed by atoms with Gasteiger partial charge in [0.1, 0.15) is 12.2 Å². The number of halogens is 2. The third-order valence-corrected chi connectivity index (χ3v) is 2.34. The van der Waals surface area contributed by atoms with Crippen LogP contribution < -0.4 is 0 Å². The highest BCUT2D eigenvalue weighted by atomic mass is 19.3. The lowest BCUT2D eigenvalue weighted by molar-refractivity contribution is 0.0502. The lowest BCUT2D eigenvalue weighted by atomic mass is 9.92. The van der Waals surface area contributed by atoms with Gasteiger partial charge in [-0.1, -0.05) is 20.8 Å². The second-order valence-electron chi connectivity index (χ2n) is 4.96. The van der Waals surface area contributed by atoms with Gasteiger partial charge in [-0.05, 0) is 13.0 Å². The number of nitrogens with zero attached hydrogens (tertiary/aromatic N) is 2. The lowest BCUT2D eigenvalue weighted by Crippen LogP contribution is -2.17. The first-order valence-corrected chi connectivity index (χ1v) is 5.79. The Kier molecular flexibility index (Phi) is 4.43. The van der Waals surface area contributed by atoms with Crippen molar-refractivity contribution in [2.45, 2.75) is 46.1 Å². The molecule has 0 aliphatic heterocycles. The smallest absolute Gasteiger partial charge is 0.356 e. The Morgan fingerprint density at radius 3 is 2.56 bits per heavy atom. The van der Waals surface area contributed by atoms with Crippen LogP contribution in [0, 0.1) is 0 Å². The molecule has 0 bridgehead atoms. The van der Waals surface area contributed by atoms with Crippen LogP contribution >= 0.6 is 0 Å². The maximum atomic E-state index is 12.4. The first kappa shape index (κ1) is 14.6. The van der Waals surface area contributed by atoms with E-state index in [1.54, 1.807) is 6.92 Å². The monoisotopic (exact) mass is 260 g/mol. The van der Waals surface area contributed by atoms with Gasteiger partial charge in [0.05, 0.1) is 12.3 Å². The van der Waals surface area contributed by atoms with Crippen LogP contribution in [0.2, 0.25) is 0 Å². The molecule has 0 radical (unpaired) electrons. The average Bonchev–Trinajstić information content (AvgIpc) is 2.60. The maximum absolute atomic E-state index is 12.4. The molecule has 1 aromatic rings. The Hall–Kier alpha value is -1.46. The highest BCUT2D eigenvalue weighted by Crippen LogP contribution is 2.22. The van der Waals surface area contributed by atoms with Crippen LogP contribution in [0.1, 0.15) is 43.9 Å². The van der Waals surface area contributed by atoms with Crippen molar-refractivity contribution in [2.75, 3.05) is 6.61 Å². The zero-order valence-electron chi connectivity index (χ0n) is 11.0. The summed E-state index contributed by atoms with van der Waals surface area (Å²) in [5.74, 6) is -0.624. The number of esters is 1. The van der Waals surface area contributed by atoms with Crippen LogP contribution in [0.5, 0.6) is 0 Å². The van der Waals surface area contributed by atoms with E-state index in [-0.39, 0.29) is 17.7 Å². The van der Waals surface area contributed by atoms with Crippen molar-refractivity contribution in [1.29, 1.82) is 0 Å². The first-order chi connectivity index (χ1) is 8.25. The fraction of sp³-hybridized carbons (Fsp3) is 0.667. The molecule has 1 rings (SSSR count). The molecule has 1 heterocycles. The molecule has 1 aromatic heterocycles. The molecule has 102 valence electrons. The summed E-state index contributed by atoms with van der Waals surface area (Å²) in [6, 6.07) is 1.51. The zero-order valence-corrected chi connectivity index (χ0v) is 11.0. The minimum Gasteiger partial charge on any atom is -0.461 e. The molecular formula is C12H18F2N2O2. The fourth-order valence-electron chi connectivity index (χ4n) is 1.42. The third-order valence-electron chi connectivity index (χ3n) is 2.34. The highest BCUT2D eigenvalue weighted by Gasteiger charge is 2.24. The van der Waals surface area contributed by atoms with E-state index in [2.05, 4.69) is 5.10 Å². The van der Waals surface area contributed by atoms with Gasteiger partial charge in [-0.3, -0.25) is 4.68 Å². The second kappa shape index (κ2) is 5.46. The SMILES string of the molecule is CCOC(=O)c1cc(C(C)(C)C)nn1CC(F)F. The minimum atomic E-state index is -2.56. The molecule has 0 atom stereocenters. The third kappa shape index (κ3) is 3.51. The standard InChI is InChI=1S/C12H18F2N2O2/c1-5-18-11(17)8-6-9(12(2,3)4)15-16(8)7-10(13)14/h6,10H,5,7H2,1-4H3. The normalized spacial score (nSPS) is 11.9. The van der Waals surface area contributed by atoms with E-state index < -0.39 is 18.9 Å². The van der Waals surface area contributed by atoms with Crippen LogP contribution in [-0.2, 0) is 16.7 Å². The largest absolute Gasteiger partial charge is 0.461 e. The van der Waals surface area contributed by atoms with E-state index in [1.807, 2.05) is 20.8 Å². The lowest BCUT2D eigenvalue weighted by Gasteiger charge is -2.14. The van der Waals surface area contributed by atoms with Crippen molar-refractivity contribution in [2.24, 2.45) is 0 Å². The van der Waals surface area contributed by atoms with Crippen molar-refractivity contribution in [3.63, 3.8) is 0 Å². The summed E-state index contributed by atoms with van der Waals surface area (Å²) in [5, 5.41) is 4.06. The van der Waals surface area contributed by atoms with Crippen LogP contribution in [0.25, 0.3) is 0 Å². The van der Waals surface area contributed by atoms with E-state index in [4.69, 9.17) is 4.74 Å². The molecule has 0 spiro atoms. The average molecular weight is 260 g/mol. The van der Waals surface area contributed by atoms with Crippen LogP contribution in [0.15, 0.2) is 6.07 Å². The van der Waals surface area contributed by atoms with Gasteiger partial charge in [0.2, 0.25) is 0 Å². The maximum Gasteiger partial charge on any atom is 0.356 e. The number of carbonyl (C=O) groups excluding carboxylic acids is 1. The Morgan fingerprint density at radius 2 is 2.11 bits per heavy atom. The summed E-state index contributed by atoms with van der Waals surface area (Å²) >= 11 is 0. The van der Waals surface area contributed by atoms with Gasteiger partial charge < -0.3 is 4.74 Å².